The second kappa shape index (κ2) is 6.33. The SMILES string of the molecule is CCN(CC)CCNc1nc2ccccc2c(=O)[nH]1. The lowest BCUT2D eigenvalue weighted by molar-refractivity contribution is 0.316. The lowest BCUT2D eigenvalue weighted by Crippen LogP contribution is -2.29. The monoisotopic (exact) mass is 260 g/mol. The Bertz CT molecular complexity index is 589. The number of hydrogen-bond acceptors (Lipinski definition) is 4. The highest BCUT2D eigenvalue weighted by molar-refractivity contribution is 5.78. The summed E-state index contributed by atoms with van der Waals surface area (Å²) in [5.41, 5.74) is 0.618. The number of fused-ring (bicyclic) bond motifs is 1. The van der Waals surface area contributed by atoms with Crippen LogP contribution in [-0.2, 0) is 0 Å². The molecule has 0 unspecified atom stereocenters. The molecule has 0 spiro atoms. The Morgan fingerprint density at radius 2 is 2.00 bits per heavy atom. The van der Waals surface area contributed by atoms with E-state index in [2.05, 4.69) is 34.0 Å². The summed E-state index contributed by atoms with van der Waals surface area (Å²) in [5.74, 6) is 0.538. The van der Waals surface area contributed by atoms with Crippen molar-refractivity contribution in [3.05, 3.63) is 34.6 Å². The van der Waals surface area contributed by atoms with Gasteiger partial charge in [0.15, 0.2) is 0 Å². The van der Waals surface area contributed by atoms with Crippen molar-refractivity contribution in [2.45, 2.75) is 13.8 Å². The average molecular weight is 260 g/mol. The summed E-state index contributed by atoms with van der Waals surface area (Å²) in [6.45, 7) is 8.03. The predicted molar refractivity (Wildman–Crippen MR) is 78.6 cm³/mol. The maximum absolute atomic E-state index is 11.9. The molecule has 0 saturated heterocycles. The highest BCUT2D eigenvalue weighted by Gasteiger charge is 2.03. The molecule has 0 saturated carbocycles. The molecule has 0 bridgehead atoms. The molecular formula is C14H20N4O. The first-order valence-corrected chi connectivity index (χ1v) is 6.70. The Kier molecular flexibility index (Phi) is 4.52. The van der Waals surface area contributed by atoms with Crippen LogP contribution in [-0.4, -0.2) is 41.0 Å². The number of aromatic amines is 1. The number of H-pyrrole nitrogens is 1. The van der Waals surface area contributed by atoms with Gasteiger partial charge in [-0.2, -0.15) is 0 Å². The van der Waals surface area contributed by atoms with E-state index < -0.39 is 0 Å². The number of nitrogens with one attached hydrogen (secondary N) is 2. The van der Waals surface area contributed by atoms with Gasteiger partial charge in [0.25, 0.3) is 5.56 Å². The van der Waals surface area contributed by atoms with E-state index in [1.54, 1.807) is 6.07 Å². The number of benzene rings is 1. The molecule has 5 heteroatoms. The maximum Gasteiger partial charge on any atom is 0.260 e. The van der Waals surface area contributed by atoms with E-state index in [-0.39, 0.29) is 5.56 Å². The van der Waals surface area contributed by atoms with Gasteiger partial charge in [-0.3, -0.25) is 9.78 Å². The summed E-state index contributed by atoms with van der Waals surface area (Å²) in [6, 6.07) is 7.35. The lowest BCUT2D eigenvalue weighted by Gasteiger charge is -2.18. The number of anilines is 1. The molecule has 0 fully saturated rings. The van der Waals surface area contributed by atoms with Crippen molar-refractivity contribution in [1.82, 2.24) is 14.9 Å². The molecule has 0 radical (unpaired) electrons. The quantitative estimate of drug-likeness (QED) is 0.829. The molecule has 1 aromatic carbocycles. The van der Waals surface area contributed by atoms with E-state index in [4.69, 9.17) is 0 Å². The first kappa shape index (κ1) is 13.5. The van der Waals surface area contributed by atoms with Crippen LogP contribution >= 0.6 is 0 Å². The van der Waals surface area contributed by atoms with Gasteiger partial charge >= 0.3 is 0 Å². The van der Waals surface area contributed by atoms with Crippen LogP contribution in [0.25, 0.3) is 10.9 Å². The lowest BCUT2D eigenvalue weighted by atomic mass is 10.2. The van der Waals surface area contributed by atoms with Crippen LogP contribution in [0.15, 0.2) is 29.1 Å². The Hall–Kier alpha value is -1.88. The van der Waals surface area contributed by atoms with Crippen molar-refractivity contribution in [1.29, 1.82) is 0 Å². The Labute approximate surface area is 112 Å². The molecule has 2 aromatic rings. The third kappa shape index (κ3) is 3.32. The third-order valence-corrected chi connectivity index (χ3v) is 3.23. The van der Waals surface area contributed by atoms with Crippen molar-refractivity contribution < 1.29 is 0 Å². The van der Waals surface area contributed by atoms with Crippen LogP contribution in [0.1, 0.15) is 13.8 Å². The van der Waals surface area contributed by atoms with Crippen molar-refractivity contribution in [2.75, 3.05) is 31.5 Å². The van der Waals surface area contributed by atoms with Gasteiger partial charge < -0.3 is 10.2 Å². The summed E-state index contributed by atoms with van der Waals surface area (Å²) in [4.78, 5) is 21.3. The van der Waals surface area contributed by atoms with Gasteiger partial charge in [-0.25, -0.2) is 4.98 Å². The summed E-state index contributed by atoms with van der Waals surface area (Å²) in [6.07, 6.45) is 0. The van der Waals surface area contributed by atoms with Crippen molar-refractivity contribution in [3.63, 3.8) is 0 Å². The number of para-hydroxylation sites is 1. The Morgan fingerprint density at radius 3 is 2.74 bits per heavy atom. The first-order valence-electron chi connectivity index (χ1n) is 6.70. The fourth-order valence-electron chi connectivity index (χ4n) is 2.04. The zero-order valence-corrected chi connectivity index (χ0v) is 11.4. The standard InChI is InChI=1S/C14H20N4O/c1-3-18(4-2)10-9-15-14-16-12-8-6-5-7-11(12)13(19)17-14/h5-8H,3-4,9-10H2,1-2H3,(H2,15,16,17,19). The molecule has 0 aliphatic rings. The van der Waals surface area contributed by atoms with E-state index >= 15 is 0 Å². The summed E-state index contributed by atoms with van der Waals surface area (Å²) in [7, 11) is 0. The van der Waals surface area contributed by atoms with Crippen molar-refractivity contribution in [2.24, 2.45) is 0 Å². The topological polar surface area (TPSA) is 61.0 Å². The largest absolute Gasteiger partial charge is 0.354 e. The van der Waals surface area contributed by atoms with Crippen LogP contribution in [0.4, 0.5) is 5.95 Å². The van der Waals surface area contributed by atoms with Gasteiger partial charge in [0.1, 0.15) is 0 Å². The maximum atomic E-state index is 11.9. The van der Waals surface area contributed by atoms with Crippen LogP contribution in [0.2, 0.25) is 0 Å². The van der Waals surface area contributed by atoms with Gasteiger partial charge in [0.05, 0.1) is 10.9 Å². The Balaban J connectivity index is 2.07. The molecule has 102 valence electrons. The number of likely N-dealkylation sites (N-methyl/N-ethyl adjacent to an activating group) is 1. The first-order chi connectivity index (χ1) is 9.24. The third-order valence-electron chi connectivity index (χ3n) is 3.23. The minimum Gasteiger partial charge on any atom is -0.354 e. The summed E-state index contributed by atoms with van der Waals surface area (Å²) in [5, 5.41) is 3.79. The van der Waals surface area contributed by atoms with Gasteiger partial charge in [-0.15, -0.1) is 0 Å². The van der Waals surface area contributed by atoms with Gasteiger partial charge in [-0.05, 0) is 25.2 Å². The number of hydrogen-bond donors (Lipinski definition) is 2. The molecule has 0 atom stereocenters. The highest BCUT2D eigenvalue weighted by Crippen LogP contribution is 2.07. The molecule has 1 aromatic heterocycles. The molecule has 0 aliphatic carbocycles. The number of aromatic nitrogens is 2. The average Bonchev–Trinajstić information content (AvgIpc) is 2.44. The van der Waals surface area contributed by atoms with Crippen LogP contribution in [0.5, 0.6) is 0 Å². The number of nitrogens with zero attached hydrogens (tertiary/aromatic N) is 2. The fraction of sp³-hybridized carbons (Fsp3) is 0.429. The molecule has 2 N–H and O–H groups in total. The van der Waals surface area contributed by atoms with Crippen molar-refractivity contribution >= 4 is 16.9 Å². The predicted octanol–water partition coefficient (Wildman–Crippen LogP) is 1.68. The minimum absolute atomic E-state index is 0.101. The normalized spacial score (nSPS) is 11.1. The van der Waals surface area contributed by atoms with Gasteiger partial charge in [0.2, 0.25) is 5.95 Å². The van der Waals surface area contributed by atoms with Crippen LogP contribution in [0.3, 0.4) is 0 Å². The van der Waals surface area contributed by atoms with E-state index in [1.807, 2.05) is 18.2 Å². The van der Waals surface area contributed by atoms with Crippen LogP contribution in [0, 0.1) is 0 Å². The number of rotatable bonds is 6. The van der Waals surface area contributed by atoms with Crippen LogP contribution < -0.4 is 10.9 Å². The zero-order chi connectivity index (χ0) is 13.7. The second-order valence-corrected chi connectivity index (χ2v) is 4.39. The second-order valence-electron chi connectivity index (χ2n) is 4.39. The molecule has 5 nitrogen and oxygen atoms in total. The molecular weight excluding hydrogens is 240 g/mol. The zero-order valence-electron chi connectivity index (χ0n) is 11.4. The van der Waals surface area contributed by atoms with Gasteiger partial charge in [0, 0.05) is 13.1 Å². The van der Waals surface area contributed by atoms with Gasteiger partial charge in [-0.1, -0.05) is 26.0 Å². The minimum atomic E-state index is -0.101. The highest BCUT2D eigenvalue weighted by atomic mass is 16.1. The molecule has 2 rings (SSSR count). The smallest absolute Gasteiger partial charge is 0.260 e. The molecule has 1 heterocycles. The van der Waals surface area contributed by atoms with Crippen molar-refractivity contribution in [3.8, 4) is 0 Å². The van der Waals surface area contributed by atoms with E-state index in [0.29, 0.717) is 11.3 Å². The van der Waals surface area contributed by atoms with E-state index in [1.165, 1.54) is 0 Å². The fourth-order valence-corrected chi connectivity index (χ4v) is 2.04. The summed E-state index contributed by atoms with van der Waals surface area (Å²) < 4.78 is 0. The molecule has 0 amide bonds. The van der Waals surface area contributed by atoms with E-state index in [9.17, 15) is 4.79 Å². The Morgan fingerprint density at radius 1 is 1.26 bits per heavy atom. The summed E-state index contributed by atoms with van der Waals surface area (Å²) >= 11 is 0. The van der Waals surface area contributed by atoms with E-state index in [0.717, 1.165) is 31.7 Å². The molecule has 0 aliphatic heterocycles. The molecule has 19 heavy (non-hydrogen) atoms.